The van der Waals surface area contributed by atoms with Crippen LogP contribution in [0.4, 0.5) is 5.69 Å². The summed E-state index contributed by atoms with van der Waals surface area (Å²) in [4.78, 5) is 29.5. The number of pyridine rings is 1. The molecule has 0 atom stereocenters. The highest BCUT2D eigenvalue weighted by Crippen LogP contribution is 2.24. The molecule has 2 aromatic heterocycles. The maximum absolute atomic E-state index is 13.1. The largest absolute Gasteiger partial charge is 0.366 e. The molecule has 0 saturated carbocycles. The van der Waals surface area contributed by atoms with Crippen LogP contribution in [0.2, 0.25) is 0 Å². The first-order chi connectivity index (χ1) is 15.9. The molecule has 164 valence electrons. The van der Waals surface area contributed by atoms with Gasteiger partial charge in [0.25, 0.3) is 5.91 Å². The summed E-state index contributed by atoms with van der Waals surface area (Å²) in [6.45, 7) is 4.34. The smallest absolute Gasteiger partial charge is 0.274 e. The number of para-hydroxylation sites is 1. The summed E-state index contributed by atoms with van der Waals surface area (Å²) in [6, 6.07) is 17.9. The third kappa shape index (κ3) is 4.29. The summed E-state index contributed by atoms with van der Waals surface area (Å²) in [5.41, 5.74) is 10.1. The number of hydrogen-bond donors (Lipinski definition) is 2. The van der Waals surface area contributed by atoms with Crippen LogP contribution in [-0.4, -0.2) is 26.6 Å². The van der Waals surface area contributed by atoms with Crippen LogP contribution >= 0.6 is 0 Å². The summed E-state index contributed by atoms with van der Waals surface area (Å²) in [7, 11) is 0. The van der Waals surface area contributed by atoms with Gasteiger partial charge in [-0.2, -0.15) is 10.4 Å². The number of carbonyl (C=O) groups is 2. The molecular formula is C25H22N6O2. The molecule has 0 aliphatic rings. The van der Waals surface area contributed by atoms with Crippen LogP contribution in [0, 0.1) is 18.3 Å². The molecule has 0 fully saturated rings. The van der Waals surface area contributed by atoms with E-state index in [1.54, 1.807) is 36.4 Å². The zero-order valence-electron chi connectivity index (χ0n) is 18.3. The molecule has 8 nitrogen and oxygen atoms in total. The van der Waals surface area contributed by atoms with E-state index in [0.717, 1.165) is 17.0 Å². The summed E-state index contributed by atoms with van der Waals surface area (Å²) >= 11 is 0. The lowest BCUT2D eigenvalue weighted by atomic mass is 10.1. The van der Waals surface area contributed by atoms with E-state index in [0.29, 0.717) is 35.1 Å². The molecule has 0 spiro atoms. The Bertz CT molecular complexity index is 1410. The number of primary amides is 1. The predicted molar refractivity (Wildman–Crippen MR) is 125 cm³/mol. The van der Waals surface area contributed by atoms with Gasteiger partial charge in [-0.1, -0.05) is 37.3 Å². The van der Waals surface area contributed by atoms with Crippen molar-refractivity contribution in [2.24, 2.45) is 5.73 Å². The maximum atomic E-state index is 13.1. The monoisotopic (exact) mass is 438 g/mol. The number of anilines is 1. The van der Waals surface area contributed by atoms with Gasteiger partial charge in [0, 0.05) is 5.39 Å². The van der Waals surface area contributed by atoms with Crippen LogP contribution in [0.3, 0.4) is 0 Å². The Morgan fingerprint density at radius 1 is 1.15 bits per heavy atom. The van der Waals surface area contributed by atoms with Gasteiger partial charge >= 0.3 is 0 Å². The number of carbonyl (C=O) groups excluding carboxylic acids is 2. The normalized spacial score (nSPS) is 10.7. The van der Waals surface area contributed by atoms with Gasteiger partial charge in [0.15, 0.2) is 0 Å². The minimum absolute atomic E-state index is 0.101. The van der Waals surface area contributed by atoms with E-state index in [1.807, 2.05) is 30.7 Å². The molecule has 4 aromatic rings. The van der Waals surface area contributed by atoms with Crippen LogP contribution in [0.1, 0.15) is 50.3 Å². The maximum Gasteiger partial charge on any atom is 0.274 e. The Hall–Kier alpha value is -4.51. The lowest BCUT2D eigenvalue weighted by molar-refractivity contribution is 0.100. The van der Waals surface area contributed by atoms with Crippen LogP contribution in [0.5, 0.6) is 0 Å². The number of hydrogen-bond acceptors (Lipinski definition) is 5. The fourth-order valence-corrected chi connectivity index (χ4v) is 3.70. The molecule has 33 heavy (non-hydrogen) atoms. The third-order valence-electron chi connectivity index (χ3n) is 5.48. The number of rotatable bonds is 6. The molecular weight excluding hydrogens is 416 g/mol. The average molecular weight is 438 g/mol. The summed E-state index contributed by atoms with van der Waals surface area (Å²) in [6.07, 6.45) is 0.620. The van der Waals surface area contributed by atoms with Crippen LogP contribution < -0.4 is 11.1 Å². The highest BCUT2D eigenvalue weighted by atomic mass is 16.2. The lowest BCUT2D eigenvalue weighted by Crippen LogP contribution is -2.18. The van der Waals surface area contributed by atoms with Crippen LogP contribution in [0.25, 0.3) is 10.9 Å². The van der Waals surface area contributed by atoms with Crippen molar-refractivity contribution in [2.75, 3.05) is 5.32 Å². The van der Waals surface area contributed by atoms with Crippen molar-refractivity contribution in [3.05, 3.63) is 88.4 Å². The van der Waals surface area contributed by atoms with Gasteiger partial charge in [-0.15, -0.1) is 0 Å². The van der Waals surface area contributed by atoms with Crippen molar-refractivity contribution in [3.63, 3.8) is 0 Å². The second-order valence-corrected chi connectivity index (χ2v) is 7.62. The van der Waals surface area contributed by atoms with Crippen molar-refractivity contribution in [2.45, 2.75) is 26.8 Å². The van der Waals surface area contributed by atoms with Gasteiger partial charge in [-0.25, -0.2) is 4.98 Å². The molecule has 3 N–H and O–H groups in total. The van der Waals surface area contributed by atoms with E-state index >= 15 is 0 Å². The number of nitrogens with two attached hydrogens (primary N) is 1. The quantitative estimate of drug-likeness (QED) is 0.476. The second-order valence-electron chi connectivity index (χ2n) is 7.62. The molecule has 0 aliphatic heterocycles. The van der Waals surface area contributed by atoms with E-state index in [4.69, 9.17) is 11.0 Å². The van der Waals surface area contributed by atoms with Crippen LogP contribution in [0.15, 0.2) is 54.6 Å². The number of nitriles is 1. The third-order valence-corrected chi connectivity index (χ3v) is 5.48. The summed E-state index contributed by atoms with van der Waals surface area (Å²) < 4.78 is 1.82. The first-order valence-corrected chi connectivity index (χ1v) is 10.5. The highest BCUT2D eigenvalue weighted by molar-refractivity contribution is 6.10. The summed E-state index contributed by atoms with van der Waals surface area (Å²) in [5.74, 6) is -1.07. The molecule has 0 bridgehead atoms. The predicted octanol–water partition coefficient (Wildman–Crippen LogP) is 3.57. The van der Waals surface area contributed by atoms with E-state index in [-0.39, 0.29) is 11.3 Å². The van der Waals surface area contributed by atoms with Gasteiger partial charge in [0.05, 0.1) is 46.3 Å². The number of nitrogens with zero attached hydrogens (tertiary/aromatic N) is 4. The standard InChI is InChI=1S/C25H22N6O2/c1-3-20-23(15(2)31(30-20)14-17-10-8-16(13-26)9-11-17)29-25(33)22-12-19(24(27)32)18-6-4-5-7-21(18)28-22/h4-12H,3,14H2,1-2H3,(H2,27,32)(H,29,33). The molecule has 2 aromatic carbocycles. The fraction of sp³-hybridized carbons (Fsp3) is 0.160. The highest BCUT2D eigenvalue weighted by Gasteiger charge is 2.20. The Labute approximate surface area is 190 Å². The first-order valence-electron chi connectivity index (χ1n) is 10.5. The number of aryl methyl sites for hydroxylation is 1. The Balaban J connectivity index is 1.65. The Morgan fingerprint density at radius 3 is 2.55 bits per heavy atom. The molecule has 0 radical (unpaired) electrons. The fourth-order valence-electron chi connectivity index (χ4n) is 3.70. The molecule has 0 saturated heterocycles. The van der Waals surface area contributed by atoms with Gasteiger partial charge in [0.1, 0.15) is 5.69 Å². The zero-order valence-corrected chi connectivity index (χ0v) is 18.3. The molecule has 0 unspecified atom stereocenters. The topological polar surface area (TPSA) is 127 Å². The van der Waals surface area contributed by atoms with E-state index in [9.17, 15) is 9.59 Å². The molecule has 0 aliphatic carbocycles. The van der Waals surface area contributed by atoms with Crippen molar-refractivity contribution >= 4 is 28.4 Å². The van der Waals surface area contributed by atoms with Crippen molar-refractivity contribution in [1.29, 1.82) is 5.26 Å². The summed E-state index contributed by atoms with van der Waals surface area (Å²) in [5, 5.41) is 17.2. The second kappa shape index (κ2) is 8.93. The first kappa shape index (κ1) is 21.7. The van der Waals surface area contributed by atoms with Crippen molar-refractivity contribution in [3.8, 4) is 6.07 Å². The lowest BCUT2D eigenvalue weighted by Gasteiger charge is -2.09. The minimum Gasteiger partial charge on any atom is -0.366 e. The molecule has 4 rings (SSSR count). The van der Waals surface area contributed by atoms with E-state index in [2.05, 4.69) is 21.5 Å². The number of benzene rings is 2. The van der Waals surface area contributed by atoms with Gasteiger partial charge in [-0.05, 0) is 43.2 Å². The minimum atomic E-state index is -0.622. The van der Waals surface area contributed by atoms with Gasteiger partial charge < -0.3 is 11.1 Å². The van der Waals surface area contributed by atoms with Crippen molar-refractivity contribution < 1.29 is 9.59 Å². The number of amides is 2. The Morgan fingerprint density at radius 2 is 1.88 bits per heavy atom. The SMILES string of the molecule is CCc1nn(Cc2ccc(C#N)cc2)c(C)c1NC(=O)c1cc(C(N)=O)c2ccccc2n1. The zero-order chi connectivity index (χ0) is 23.5. The molecule has 2 heterocycles. The van der Waals surface area contributed by atoms with E-state index in [1.165, 1.54) is 6.07 Å². The Kier molecular flexibility index (Phi) is 5.87. The van der Waals surface area contributed by atoms with E-state index < -0.39 is 11.8 Å². The van der Waals surface area contributed by atoms with Crippen LogP contribution in [-0.2, 0) is 13.0 Å². The molecule has 2 amide bonds. The van der Waals surface area contributed by atoms with Crippen molar-refractivity contribution in [1.82, 2.24) is 14.8 Å². The average Bonchev–Trinajstić information content (AvgIpc) is 3.12. The molecule has 8 heteroatoms. The van der Waals surface area contributed by atoms with Gasteiger partial charge in [0.2, 0.25) is 5.91 Å². The van der Waals surface area contributed by atoms with Gasteiger partial charge in [-0.3, -0.25) is 14.3 Å². The number of aromatic nitrogens is 3. The number of fused-ring (bicyclic) bond motifs is 1. The number of nitrogens with one attached hydrogen (secondary N) is 1.